The van der Waals surface area contributed by atoms with E-state index in [9.17, 15) is 24.3 Å². The van der Waals surface area contributed by atoms with Gasteiger partial charge in [0.2, 0.25) is 11.8 Å². The molecular formula is C15H27N3O7. The van der Waals surface area contributed by atoms with E-state index in [1.807, 2.05) is 0 Å². The molecular weight excluding hydrogens is 334 g/mol. The Morgan fingerprint density at radius 2 is 1.56 bits per heavy atom. The van der Waals surface area contributed by atoms with Crippen molar-refractivity contribution in [3.8, 4) is 0 Å². The molecule has 10 nitrogen and oxygen atoms in total. The second-order valence-corrected chi connectivity index (χ2v) is 6.29. The number of aliphatic hydroxyl groups is 1. The molecule has 0 fully saturated rings. The molecule has 0 aromatic rings. The number of hydrogen-bond donors (Lipinski definition) is 6. The molecule has 0 radical (unpaired) electrons. The van der Waals surface area contributed by atoms with Gasteiger partial charge in [-0.15, -0.1) is 0 Å². The predicted octanol–water partition coefficient (Wildman–Crippen LogP) is -1.34. The van der Waals surface area contributed by atoms with Crippen LogP contribution in [0.3, 0.4) is 0 Å². The van der Waals surface area contributed by atoms with E-state index in [1.54, 1.807) is 13.8 Å². The SMILES string of the molecule is CC(C)C[C@H](NC(=O)[C@@H](NC(=O)[C@@H](N)CCC(=O)O)[C@@H](C)O)C(=O)O. The zero-order valence-electron chi connectivity index (χ0n) is 14.6. The van der Waals surface area contributed by atoms with Gasteiger partial charge in [-0.3, -0.25) is 14.4 Å². The second kappa shape index (κ2) is 10.6. The molecule has 0 aliphatic heterocycles. The highest BCUT2D eigenvalue weighted by molar-refractivity contribution is 5.92. The minimum Gasteiger partial charge on any atom is -0.481 e. The lowest BCUT2D eigenvalue weighted by atomic mass is 10.0. The van der Waals surface area contributed by atoms with Gasteiger partial charge in [-0.25, -0.2) is 4.79 Å². The molecule has 10 heteroatoms. The number of aliphatic carboxylic acids is 2. The summed E-state index contributed by atoms with van der Waals surface area (Å²) in [6.45, 7) is 4.83. The average molecular weight is 361 g/mol. The highest BCUT2D eigenvalue weighted by Crippen LogP contribution is 2.06. The summed E-state index contributed by atoms with van der Waals surface area (Å²) in [6.07, 6.45) is -1.58. The number of carbonyl (C=O) groups excluding carboxylic acids is 2. The number of nitrogens with one attached hydrogen (secondary N) is 2. The molecule has 0 spiro atoms. The van der Waals surface area contributed by atoms with Gasteiger partial charge >= 0.3 is 11.9 Å². The largest absolute Gasteiger partial charge is 0.481 e. The quantitative estimate of drug-likeness (QED) is 0.261. The van der Waals surface area contributed by atoms with Crippen molar-refractivity contribution in [3.05, 3.63) is 0 Å². The second-order valence-electron chi connectivity index (χ2n) is 6.29. The van der Waals surface area contributed by atoms with Crippen LogP contribution in [0.2, 0.25) is 0 Å². The maximum atomic E-state index is 12.2. The van der Waals surface area contributed by atoms with Crippen LogP contribution in [0, 0.1) is 5.92 Å². The number of carboxylic acid groups (broad SMARTS) is 2. The molecule has 0 rings (SSSR count). The topological polar surface area (TPSA) is 179 Å². The van der Waals surface area contributed by atoms with Crippen LogP contribution in [0.25, 0.3) is 0 Å². The zero-order chi connectivity index (χ0) is 19.7. The van der Waals surface area contributed by atoms with E-state index >= 15 is 0 Å². The molecule has 0 saturated carbocycles. The number of nitrogens with two attached hydrogens (primary N) is 1. The Morgan fingerprint density at radius 3 is 1.96 bits per heavy atom. The number of aliphatic hydroxyl groups excluding tert-OH is 1. The minimum absolute atomic E-state index is 0.00503. The van der Waals surface area contributed by atoms with Crippen LogP contribution in [0.15, 0.2) is 0 Å². The van der Waals surface area contributed by atoms with E-state index < -0.39 is 48.0 Å². The molecule has 0 saturated heterocycles. The van der Waals surface area contributed by atoms with Gasteiger partial charge in [-0.05, 0) is 25.7 Å². The van der Waals surface area contributed by atoms with Crippen LogP contribution in [-0.2, 0) is 19.2 Å². The van der Waals surface area contributed by atoms with Gasteiger partial charge in [0.25, 0.3) is 0 Å². The Kier molecular flexibility index (Phi) is 9.69. The van der Waals surface area contributed by atoms with E-state index in [4.69, 9.17) is 15.9 Å². The van der Waals surface area contributed by atoms with Gasteiger partial charge < -0.3 is 31.7 Å². The van der Waals surface area contributed by atoms with E-state index in [0.717, 1.165) is 0 Å². The summed E-state index contributed by atoms with van der Waals surface area (Å²) in [5, 5.41) is 31.9. The maximum Gasteiger partial charge on any atom is 0.326 e. The fourth-order valence-electron chi connectivity index (χ4n) is 2.03. The van der Waals surface area contributed by atoms with Crippen LogP contribution in [0.5, 0.6) is 0 Å². The smallest absolute Gasteiger partial charge is 0.326 e. The van der Waals surface area contributed by atoms with Gasteiger partial charge in [0, 0.05) is 6.42 Å². The first-order valence-electron chi connectivity index (χ1n) is 7.94. The summed E-state index contributed by atoms with van der Waals surface area (Å²) in [4.78, 5) is 45.9. The van der Waals surface area contributed by atoms with Crippen LogP contribution in [-0.4, -0.2) is 63.3 Å². The third-order valence-corrected chi connectivity index (χ3v) is 3.39. The predicted molar refractivity (Wildman–Crippen MR) is 87.5 cm³/mol. The van der Waals surface area contributed by atoms with Crippen LogP contribution in [0.1, 0.15) is 40.0 Å². The molecule has 4 atom stereocenters. The molecule has 0 aromatic heterocycles. The van der Waals surface area contributed by atoms with E-state index in [0.29, 0.717) is 0 Å². The first-order valence-corrected chi connectivity index (χ1v) is 7.94. The lowest BCUT2D eigenvalue weighted by molar-refractivity contribution is -0.143. The Morgan fingerprint density at radius 1 is 1.00 bits per heavy atom. The molecule has 144 valence electrons. The summed E-state index contributed by atoms with van der Waals surface area (Å²) in [7, 11) is 0. The van der Waals surface area contributed by atoms with Crippen molar-refractivity contribution in [2.24, 2.45) is 11.7 Å². The molecule has 0 aliphatic rings. The highest BCUT2D eigenvalue weighted by Gasteiger charge is 2.31. The molecule has 0 unspecified atom stereocenters. The van der Waals surface area contributed by atoms with Crippen molar-refractivity contribution in [1.82, 2.24) is 10.6 Å². The molecule has 0 aromatic carbocycles. The van der Waals surface area contributed by atoms with Gasteiger partial charge in [0.1, 0.15) is 12.1 Å². The first-order chi connectivity index (χ1) is 11.5. The Labute approximate surface area is 145 Å². The molecule has 2 amide bonds. The van der Waals surface area contributed by atoms with Crippen molar-refractivity contribution in [2.45, 2.75) is 64.3 Å². The Bertz CT molecular complexity index is 494. The van der Waals surface area contributed by atoms with Gasteiger partial charge in [0.05, 0.1) is 12.1 Å². The number of amides is 2. The number of rotatable bonds is 11. The van der Waals surface area contributed by atoms with Crippen LogP contribution < -0.4 is 16.4 Å². The van der Waals surface area contributed by atoms with Gasteiger partial charge in [-0.1, -0.05) is 13.8 Å². The average Bonchev–Trinajstić information content (AvgIpc) is 2.47. The Hall–Kier alpha value is -2.20. The van der Waals surface area contributed by atoms with Crippen LogP contribution >= 0.6 is 0 Å². The van der Waals surface area contributed by atoms with Crippen molar-refractivity contribution in [1.29, 1.82) is 0 Å². The third kappa shape index (κ3) is 9.01. The Balaban J connectivity index is 4.91. The number of hydrogen-bond acceptors (Lipinski definition) is 6. The normalized spacial score (nSPS) is 15.8. The molecule has 0 aliphatic carbocycles. The summed E-state index contributed by atoms with van der Waals surface area (Å²) >= 11 is 0. The fraction of sp³-hybridized carbons (Fsp3) is 0.733. The molecule has 0 heterocycles. The highest BCUT2D eigenvalue weighted by atomic mass is 16.4. The van der Waals surface area contributed by atoms with Gasteiger partial charge in [0.15, 0.2) is 0 Å². The fourth-order valence-corrected chi connectivity index (χ4v) is 2.03. The minimum atomic E-state index is -1.41. The molecule has 7 N–H and O–H groups in total. The maximum absolute atomic E-state index is 12.2. The van der Waals surface area contributed by atoms with Crippen molar-refractivity contribution in [2.75, 3.05) is 0 Å². The van der Waals surface area contributed by atoms with E-state index in [2.05, 4.69) is 10.6 Å². The summed E-state index contributed by atoms with van der Waals surface area (Å²) in [6, 6.07) is -3.74. The van der Waals surface area contributed by atoms with Crippen LogP contribution in [0.4, 0.5) is 0 Å². The number of carbonyl (C=O) groups is 4. The lowest BCUT2D eigenvalue weighted by Gasteiger charge is -2.25. The van der Waals surface area contributed by atoms with Gasteiger partial charge in [-0.2, -0.15) is 0 Å². The summed E-state index contributed by atoms with van der Waals surface area (Å²) in [5.41, 5.74) is 5.55. The summed E-state index contributed by atoms with van der Waals surface area (Å²) < 4.78 is 0. The van der Waals surface area contributed by atoms with E-state index in [1.165, 1.54) is 6.92 Å². The first kappa shape index (κ1) is 22.8. The van der Waals surface area contributed by atoms with Crippen molar-refractivity contribution in [3.63, 3.8) is 0 Å². The lowest BCUT2D eigenvalue weighted by Crippen LogP contribution is -2.58. The van der Waals surface area contributed by atoms with Crippen molar-refractivity contribution >= 4 is 23.8 Å². The van der Waals surface area contributed by atoms with Crippen molar-refractivity contribution < 1.29 is 34.5 Å². The molecule has 0 bridgehead atoms. The number of carboxylic acids is 2. The zero-order valence-corrected chi connectivity index (χ0v) is 14.6. The third-order valence-electron chi connectivity index (χ3n) is 3.39. The standard InChI is InChI=1S/C15H27N3O7/c1-7(2)6-10(15(24)25)17-14(23)12(8(3)19)18-13(22)9(16)4-5-11(20)21/h7-10,12,19H,4-6,16H2,1-3H3,(H,17,23)(H,18,22)(H,20,21)(H,24,25)/t8-,9+,10+,12+/m1/s1. The summed E-state index contributed by atoms with van der Waals surface area (Å²) in [5.74, 6) is -4.01. The van der Waals surface area contributed by atoms with E-state index in [-0.39, 0.29) is 25.2 Å². The monoisotopic (exact) mass is 361 g/mol. The molecule has 25 heavy (non-hydrogen) atoms.